The van der Waals surface area contributed by atoms with Crippen LogP contribution in [0.3, 0.4) is 0 Å². The van der Waals surface area contributed by atoms with Gasteiger partial charge in [0.2, 0.25) is 10.0 Å². The number of hydrogen-bond acceptors (Lipinski definition) is 6. The van der Waals surface area contributed by atoms with Gasteiger partial charge in [-0.25, -0.2) is 13.1 Å². The standard InChI is InChI=1S/C18H32N4O3S/c1-20(2)17-7-5-16(6-8-17)18(22-11-9-21(3)10-12-22)15-19-26(23,24)14-13-25-4/h5-8,18-19H,9-15H2,1-4H3/t18-/m0/s1. The monoisotopic (exact) mass is 384 g/mol. The Balaban J connectivity index is 2.13. The lowest BCUT2D eigenvalue weighted by atomic mass is 10.0. The molecule has 26 heavy (non-hydrogen) atoms. The van der Waals surface area contributed by atoms with Crippen LogP contribution in [0, 0.1) is 0 Å². The Bertz CT molecular complexity index is 641. The maximum Gasteiger partial charge on any atom is 0.213 e. The molecule has 1 aromatic carbocycles. The predicted molar refractivity (Wildman–Crippen MR) is 106 cm³/mol. The van der Waals surface area contributed by atoms with Crippen LogP contribution >= 0.6 is 0 Å². The Kier molecular flexibility index (Phi) is 7.85. The van der Waals surface area contributed by atoms with Crippen molar-refractivity contribution >= 4 is 15.7 Å². The first-order valence-corrected chi connectivity index (χ1v) is 10.6. The van der Waals surface area contributed by atoms with Gasteiger partial charge >= 0.3 is 0 Å². The molecule has 0 aliphatic carbocycles. The van der Waals surface area contributed by atoms with Crippen molar-refractivity contribution in [2.75, 3.05) is 78.2 Å². The average Bonchev–Trinajstić information content (AvgIpc) is 2.62. The third-order valence-corrected chi connectivity index (χ3v) is 6.14. The number of benzene rings is 1. The van der Waals surface area contributed by atoms with Crippen LogP contribution in [0.5, 0.6) is 0 Å². The molecule has 1 aliphatic heterocycles. The van der Waals surface area contributed by atoms with E-state index in [1.807, 2.05) is 14.1 Å². The number of nitrogens with one attached hydrogen (secondary N) is 1. The first-order chi connectivity index (χ1) is 12.3. The highest BCUT2D eigenvalue weighted by Gasteiger charge is 2.25. The number of likely N-dealkylation sites (N-methyl/N-ethyl adjacent to an activating group) is 1. The largest absolute Gasteiger partial charge is 0.384 e. The minimum Gasteiger partial charge on any atom is -0.384 e. The van der Waals surface area contributed by atoms with Gasteiger partial charge in [-0.15, -0.1) is 0 Å². The maximum absolute atomic E-state index is 12.2. The Morgan fingerprint density at radius 1 is 1.15 bits per heavy atom. The molecule has 1 heterocycles. The van der Waals surface area contributed by atoms with E-state index >= 15 is 0 Å². The van der Waals surface area contributed by atoms with Crippen molar-refractivity contribution in [1.82, 2.24) is 14.5 Å². The van der Waals surface area contributed by atoms with E-state index in [1.165, 1.54) is 7.11 Å². The van der Waals surface area contributed by atoms with Crippen molar-refractivity contribution in [1.29, 1.82) is 0 Å². The van der Waals surface area contributed by atoms with E-state index in [1.54, 1.807) is 0 Å². The number of rotatable bonds is 9. The second-order valence-corrected chi connectivity index (χ2v) is 8.93. The van der Waals surface area contributed by atoms with E-state index in [0.717, 1.165) is 37.4 Å². The lowest BCUT2D eigenvalue weighted by Gasteiger charge is -2.38. The van der Waals surface area contributed by atoms with Gasteiger partial charge in [0.25, 0.3) is 0 Å². The van der Waals surface area contributed by atoms with E-state index in [-0.39, 0.29) is 18.4 Å². The van der Waals surface area contributed by atoms with Gasteiger partial charge in [0.15, 0.2) is 0 Å². The van der Waals surface area contributed by atoms with Gasteiger partial charge in [-0.05, 0) is 24.7 Å². The minimum absolute atomic E-state index is 0.0154. The van der Waals surface area contributed by atoms with Crippen molar-refractivity contribution < 1.29 is 13.2 Å². The van der Waals surface area contributed by atoms with Crippen molar-refractivity contribution in [3.8, 4) is 0 Å². The molecule has 0 amide bonds. The fourth-order valence-electron chi connectivity index (χ4n) is 3.06. The molecule has 0 bridgehead atoms. The normalized spacial score (nSPS) is 18.0. The molecule has 0 aromatic heterocycles. The molecule has 2 rings (SSSR count). The molecular formula is C18H32N4O3S. The molecule has 0 saturated carbocycles. The smallest absolute Gasteiger partial charge is 0.213 e. The summed E-state index contributed by atoms with van der Waals surface area (Å²) in [6.45, 7) is 4.40. The highest BCUT2D eigenvalue weighted by atomic mass is 32.2. The molecule has 0 spiro atoms. The topological polar surface area (TPSA) is 65.1 Å². The van der Waals surface area contributed by atoms with Crippen LogP contribution in [-0.4, -0.2) is 91.6 Å². The van der Waals surface area contributed by atoms with Crippen LogP contribution in [-0.2, 0) is 14.8 Å². The molecule has 1 aromatic rings. The van der Waals surface area contributed by atoms with Crippen LogP contribution in [0.4, 0.5) is 5.69 Å². The SMILES string of the molecule is COCCS(=O)(=O)NC[C@@H](c1ccc(N(C)C)cc1)N1CCN(C)CC1. The fraction of sp³-hybridized carbons (Fsp3) is 0.667. The number of methoxy groups -OCH3 is 1. The van der Waals surface area contributed by atoms with Gasteiger partial charge in [-0.1, -0.05) is 12.1 Å². The van der Waals surface area contributed by atoms with Gasteiger partial charge in [0, 0.05) is 65.7 Å². The van der Waals surface area contributed by atoms with Crippen molar-refractivity contribution in [3.63, 3.8) is 0 Å². The first-order valence-electron chi connectivity index (χ1n) is 8.98. The van der Waals surface area contributed by atoms with Crippen LogP contribution in [0.15, 0.2) is 24.3 Å². The Labute approximate surface area is 158 Å². The minimum atomic E-state index is -3.34. The lowest BCUT2D eigenvalue weighted by Crippen LogP contribution is -2.48. The molecule has 1 aliphatic rings. The quantitative estimate of drug-likeness (QED) is 0.673. The summed E-state index contributed by atoms with van der Waals surface area (Å²) in [5.74, 6) is -0.0154. The van der Waals surface area contributed by atoms with Gasteiger partial charge in [-0.3, -0.25) is 4.90 Å². The molecule has 1 N–H and O–H groups in total. The Hall–Kier alpha value is -1.19. The van der Waals surface area contributed by atoms with Crippen LogP contribution in [0.2, 0.25) is 0 Å². The summed E-state index contributed by atoms with van der Waals surface area (Å²) in [7, 11) is 4.31. The third-order valence-electron chi connectivity index (χ3n) is 4.83. The van der Waals surface area contributed by atoms with Crippen molar-refractivity contribution in [2.45, 2.75) is 6.04 Å². The number of sulfonamides is 1. The summed E-state index contributed by atoms with van der Waals surface area (Å²) in [6, 6.07) is 8.39. The number of anilines is 1. The number of ether oxygens (including phenoxy) is 1. The predicted octanol–water partition coefficient (Wildman–Crippen LogP) is 0.607. The van der Waals surface area contributed by atoms with Crippen molar-refractivity contribution in [2.24, 2.45) is 0 Å². The van der Waals surface area contributed by atoms with E-state index in [4.69, 9.17) is 4.74 Å². The molecule has 0 unspecified atom stereocenters. The highest BCUT2D eigenvalue weighted by molar-refractivity contribution is 7.89. The fourth-order valence-corrected chi connectivity index (χ4v) is 4.00. The third kappa shape index (κ3) is 6.21. The summed E-state index contributed by atoms with van der Waals surface area (Å²) < 4.78 is 32.0. The number of piperazine rings is 1. The zero-order valence-electron chi connectivity index (χ0n) is 16.3. The molecule has 148 valence electrons. The van der Waals surface area contributed by atoms with Gasteiger partial charge in [-0.2, -0.15) is 0 Å². The molecule has 8 heteroatoms. The lowest BCUT2D eigenvalue weighted by molar-refractivity contribution is 0.113. The number of hydrogen-bond donors (Lipinski definition) is 1. The van der Waals surface area contributed by atoms with Crippen LogP contribution < -0.4 is 9.62 Å². The Morgan fingerprint density at radius 3 is 2.31 bits per heavy atom. The maximum atomic E-state index is 12.2. The zero-order valence-corrected chi connectivity index (χ0v) is 17.1. The molecule has 7 nitrogen and oxygen atoms in total. The second-order valence-electron chi connectivity index (χ2n) is 7.00. The Morgan fingerprint density at radius 2 is 1.77 bits per heavy atom. The van der Waals surface area contributed by atoms with Crippen LogP contribution in [0.25, 0.3) is 0 Å². The van der Waals surface area contributed by atoms with Crippen molar-refractivity contribution in [3.05, 3.63) is 29.8 Å². The van der Waals surface area contributed by atoms with E-state index in [9.17, 15) is 8.42 Å². The number of nitrogens with zero attached hydrogens (tertiary/aromatic N) is 3. The summed E-state index contributed by atoms with van der Waals surface area (Å²) in [5.41, 5.74) is 2.26. The molecule has 0 radical (unpaired) electrons. The zero-order chi connectivity index (χ0) is 19.2. The molecule has 1 fully saturated rings. The summed E-state index contributed by atoms with van der Waals surface area (Å²) in [4.78, 5) is 6.72. The van der Waals surface area contributed by atoms with Crippen LogP contribution in [0.1, 0.15) is 11.6 Å². The summed E-state index contributed by atoms with van der Waals surface area (Å²) in [5, 5.41) is 0. The average molecular weight is 385 g/mol. The second kappa shape index (κ2) is 9.66. The van der Waals surface area contributed by atoms with E-state index in [2.05, 4.69) is 50.7 Å². The van der Waals surface area contributed by atoms with E-state index < -0.39 is 10.0 Å². The molecule has 1 saturated heterocycles. The highest BCUT2D eigenvalue weighted by Crippen LogP contribution is 2.24. The molecular weight excluding hydrogens is 352 g/mol. The first kappa shape index (κ1) is 21.1. The summed E-state index contributed by atoms with van der Waals surface area (Å²) >= 11 is 0. The molecule has 1 atom stereocenters. The summed E-state index contributed by atoms with van der Waals surface area (Å²) in [6.07, 6.45) is 0. The van der Waals surface area contributed by atoms with Gasteiger partial charge < -0.3 is 14.5 Å². The van der Waals surface area contributed by atoms with E-state index in [0.29, 0.717) is 6.54 Å². The van der Waals surface area contributed by atoms with Gasteiger partial charge in [0.1, 0.15) is 0 Å². The van der Waals surface area contributed by atoms with Gasteiger partial charge in [0.05, 0.1) is 12.4 Å².